The summed E-state index contributed by atoms with van der Waals surface area (Å²) in [6.45, 7) is 0.425. The zero-order chi connectivity index (χ0) is 11.8. The lowest BCUT2D eigenvalue weighted by atomic mass is 9.80. The summed E-state index contributed by atoms with van der Waals surface area (Å²) in [7, 11) is 0. The van der Waals surface area contributed by atoms with Crippen molar-refractivity contribution >= 4 is 0 Å². The van der Waals surface area contributed by atoms with Gasteiger partial charge in [0.05, 0.1) is 5.60 Å². The number of hydrogen-bond donors (Lipinski definition) is 1. The van der Waals surface area contributed by atoms with Crippen molar-refractivity contribution in [3.8, 4) is 0 Å². The molecule has 2 aliphatic rings. The number of nitrogens with two attached hydrogens (primary N) is 1. The van der Waals surface area contributed by atoms with Gasteiger partial charge in [0.25, 0.3) is 0 Å². The van der Waals surface area contributed by atoms with Crippen LogP contribution in [0.5, 0.6) is 0 Å². The van der Waals surface area contributed by atoms with Crippen molar-refractivity contribution in [2.24, 2.45) is 11.7 Å². The first-order valence-electron chi connectivity index (χ1n) is 5.89. The van der Waals surface area contributed by atoms with Crippen molar-refractivity contribution < 1.29 is 17.9 Å². The van der Waals surface area contributed by atoms with Crippen molar-refractivity contribution in [2.75, 3.05) is 6.61 Å². The summed E-state index contributed by atoms with van der Waals surface area (Å²) in [6.07, 6.45) is 0.558. The normalized spacial score (nSPS) is 31.9. The lowest BCUT2D eigenvalue weighted by molar-refractivity contribution is -0.178. The van der Waals surface area contributed by atoms with Crippen LogP contribution in [0.2, 0.25) is 0 Å². The standard InChI is InChI=1S/C11H18F3NO/c12-11(13,14)9(15)8-3-6-16-10(7-8)4-1-2-5-10/h8-9H,1-7,15H2. The first-order chi connectivity index (χ1) is 7.43. The third-order valence-corrected chi connectivity index (χ3v) is 3.93. The van der Waals surface area contributed by atoms with Crippen LogP contribution in [0, 0.1) is 5.92 Å². The number of ether oxygens (including phenoxy) is 1. The maximum atomic E-state index is 12.5. The second-order valence-electron chi connectivity index (χ2n) is 5.06. The van der Waals surface area contributed by atoms with E-state index in [2.05, 4.69) is 0 Å². The Morgan fingerprint density at radius 2 is 1.88 bits per heavy atom. The second-order valence-corrected chi connectivity index (χ2v) is 5.06. The Morgan fingerprint density at radius 3 is 2.44 bits per heavy atom. The van der Waals surface area contributed by atoms with Gasteiger partial charge in [-0.15, -0.1) is 0 Å². The van der Waals surface area contributed by atoms with Crippen LogP contribution in [-0.4, -0.2) is 24.4 Å². The van der Waals surface area contributed by atoms with Crippen molar-refractivity contribution in [2.45, 2.75) is 56.3 Å². The lowest BCUT2D eigenvalue weighted by Gasteiger charge is -2.40. The molecule has 1 saturated heterocycles. The molecule has 5 heteroatoms. The van der Waals surface area contributed by atoms with Gasteiger partial charge >= 0.3 is 6.18 Å². The fourth-order valence-electron chi connectivity index (χ4n) is 3.01. The quantitative estimate of drug-likeness (QED) is 0.760. The van der Waals surface area contributed by atoms with Gasteiger partial charge in [-0.05, 0) is 31.6 Å². The molecule has 1 saturated carbocycles. The highest BCUT2D eigenvalue weighted by Crippen LogP contribution is 2.44. The van der Waals surface area contributed by atoms with Crippen molar-refractivity contribution in [3.63, 3.8) is 0 Å². The van der Waals surface area contributed by atoms with E-state index >= 15 is 0 Å². The monoisotopic (exact) mass is 237 g/mol. The first-order valence-corrected chi connectivity index (χ1v) is 5.89. The molecule has 0 bridgehead atoms. The molecule has 1 heterocycles. The van der Waals surface area contributed by atoms with Gasteiger partial charge in [0.15, 0.2) is 0 Å². The maximum Gasteiger partial charge on any atom is 0.403 e. The number of hydrogen-bond acceptors (Lipinski definition) is 2. The van der Waals surface area contributed by atoms with Gasteiger partial charge < -0.3 is 10.5 Å². The Hall–Kier alpha value is -0.290. The van der Waals surface area contributed by atoms with Gasteiger partial charge in [-0.25, -0.2) is 0 Å². The maximum absolute atomic E-state index is 12.5. The van der Waals surface area contributed by atoms with Crippen LogP contribution in [0.25, 0.3) is 0 Å². The summed E-state index contributed by atoms with van der Waals surface area (Å²) < 4.78 is 43.3. The molecule has 94 valence electrons. The van der Waals surface area contributed by atoms with E-state index in [4.69, 9.17) is 10.5 Å². The smallest absolute Gasteiger partial charge is 0.375 e. The van der Waals surface area contributed by atoms with Gasteiger partial charge in [0.1, 0.15) is 6.04 Å². The van der Waals surface area contributed by atoms with E-state index in [1.54, 1.807) is 0 Å². The minimum absolute atomic E-state index is 0.286. The van der Waals surface area contributed by atoms with Crippen molar-refractivity contribution in [1.82, 2.24) is 0 Å². The van der Waals surface area contributed by atoms with Crippen molar-refractivity contribution in [3.05, 3.63) is 0 Å². The van der Waals surface area contributed by atoms with Gasteiger partial charge in [-0.3, -0.25) is 0 Å². The lowest BCUT2D eigenvalue weighted by Crippen LogP contribution is -2.50. The molecule has 1 aliphatic heterocycles. The summed E-state index contributed by atoms with van der Waals surface area (Å²) in [5.74, 6) is -0.466. The van der Waals surface area contributed by atoms with E-state index in [0.29, 0.717) is 19.4 Å². The predicted molar refractivity (Wildman–Crippen MR) is 53.9 cm³/mol. The summed E-state index contributed by atoms with van der Waals surface area (Å²) in [5, 5.41) is 0. The second kappa shape index (κ2) is 4.18. The third-order valence-electron chi connectivity index (χ3n) is 3.93. The van der Waals surface area contributed by atoms with Gasteiger partial charge in [0.2, 0.25) is 0 Å². The Kier molecular flexibility index (Phi) is 3.18. The molecule has 2 unspecified atom stereocenters. The molecule has 0 aromatic rings. The molecule has 1 spiro atoms. The third kappa shape index (κ3) is 2.35. The van der Waals surface area contributed by atoms with Crippen LogP contribution in [0.1, 0.15) is 38.5 Å². The zero-order valence-corrected chi connectivity index (χ0v) is 9.22. The summed E-state index contributed by atoms with van der Waals surface area (Å²) in [4.78, 5) is 0. The van der Waals surface area contributed by atoms with E-state index in [1.165, 1.54) is 0 Å². The number of alkyl halides is 3. The number of rotatable bonds is 1. The zero-order valence-electron chi connectivity index (χ0n) is 9.22. The minimum Gasteiger partial charge on any atom is -0.375 e. The van der Waals surface area contributed by atoms with Crippen LogP contribution in [-0.2, 0) is 4.74 Å². The molecule has 0 aromatic heterocycles. The van der Waals surface area contributed by atoms with Crippen LogP contribution >= 0.6 is 0 Å². The first kappa shape index (κ1) is 12.2. The van der Waals surface area contributed by atoms with Crippen LogP contribution < -0.4 is 5.73 Å². The molecule has 0 amide bonds. The molecular weight excluding hydrogens is 219 g/mol. The molecule has 2 fully saturated rings. The predicted octanol–water partition coefficient (Wildman–Crippen LogP) is 2.62. The molecule has 2 nitrogen and oxygen atoms in total. The van der Waals surface area contributed by atoms with E-state index in [1.807, 2.05) is 0 Å². The highest BCUT2D eigenvalue weighted by molar-refractivity contribution is 4.95. The van der Waals surface area contributed by atoms with Crippen LogP contribution in [0.15, 0.2) is 0 Å². The van der Waals surface area contributed by atoms with E-state index in [0.717, 1.165) is 25.7 Å². The molecule has 2 atom stereocenters. The van der Waals surface area contributed by atoms with Crippen molar-refractivity contribution in [1.29, 1.82) is 0 Å². The van der Waals surface area contributed by atoms with Gasteiger partial charge in [-0.2, -0.15) is 13.2 Å². The highest BCUT2D eigenvalue weighted by Gasteiger charge is 2.48. The molecule has 2 rings (SSSR count). The SMILES string of the molecule is NC(C1CCOC2(CCCC2)C1)C(F)(F)F. The van der Waals surface area contributed by atoms with Crippen LogP contribution in [0.4, 0.5) is 13.2 Å². The molecular formula is C11H18F3NO. The summed E-state index contributed by atoms with van der Waals surface area (Å²) in [5.41, 5.74) is 5.01. The minimum atomic E-state index is -4.28. The molecule has 0 radical (unpaired) electrons. The highest BCUT2D eigenvalue weighted by atomic mass is 19.4. The fourth-order valence-corrected chi connectivity index (χ4v) is 3.01. The van der Waals surface area contributed by atoms with Crippen LogP contribution in [0.3, 0.4) is 0 Å². The summed E-state index contributed by atoms with van der Waals surface area (Å²) in [6, 6.07) is -1.69. The summed E-state index contributed by atoms with van der Waals surface area (Å²) >= 11 is 0. The molecule has 16 heavy (non-hydrogen) atoms. The van der Waals surface area contributed by atoms with E-state index in [9.17, 15) is 13.2 Å². The Morgan fingerprint density at radius 1 is 1.25 bits per heavy atom. The Balaban J connectivity index is 2.01. The fraction of sp³-hybridized carbons (Fsp3) is 1.00. The average molecular weight is 237 g/mol. The number of halogens is 3. The van der Waals surface area contributed by atoms with E-state index in [-0.39, 0.29) is 5.60 Å². The molecule has 1 aliphatic carbocycles. The molecule has 0 aromatic carbocycles. The molecule has 2 N–H and O–H groups in total. The van der Waals surface area contributed by atoms with Gasteiger partial charge in [-0.1, -0.05) is 12.8 Å². The van der Waals surface area contributed by atoms with E-state index < -0.39 is 18.1 Å². The Bertz CT molecular complexity index is 248. The topological polar surface area (TPSA) is 35.2 Å². The average Bonchev–Trinajstić information content (AvgIpc) is 2.64. The Labute approximate surface area is 93.3 Å². The largest absolute Gasteiger partial charge is 0.403 e. The van der Waals surface area contributed by atoms with Gasteiger partial charge in [0, 0.05) is 6.61 Å².